The molecule has 0 saturated carbocycles. The summed E-state index contributed by atoms with van der Waals surface area (Å²) in [5.41, 5.74) is 0.918. The van der Waals surface area contributed by atoms with E-state index in [0.717, 1.165) is 11.1 Å². The van der Waals surface area contributed by atoms with Crippen LogP contribution in [0.25, 0.3) is 21.9 Å². The molecular formula is C22H18O6. The lowest BCUT2D eigenvalue weighted by Gasteiger charge is -2.10. The summed E-state index contributed by atoms with van der Waals surface area (Å²) in [6.07, 6.45) is 0.0439. The van der Waals surface area contributed by atoms with E-state index in [1.807, 2.05) is 0 Å². The minimum Gasteiger partial charge on any atom is -0.507 e. The second-order valence-corrected chi connectivity index (χ2v) is 6.83. The Labute approximate surface area is 159 Å². The van der Waals surface area contributed by atoms with Crippen LogP contribution in [-0.4, -0.2) is 10.2 Å². The Balaban J connectivity index is 1.81. The van der Waals surface area contributed by atoms with Crippen LogP contribution >= 0.6 is 0 Å². The molecule has 0 spiro atoms. The Morgan fingerprint density at radius 1 is 0.714 bits per heavy atom. The summed E-state index contributed by atoms with van der Waals surface area (Å²) >= 11 is 0. The zero-order chi connectivity index (χ0) is 20.0. The van der Waals surface area contributed by atoms with E-state index in [2.05, 4.69) is 0 Å². The van der Waals surface area contributed by atoms with Crippen molar-refractivity contribution in [2.24, 2.45) is 0 Å². The number of benzene rings is 2. The van der Waals surface area contributed by atoms with Crippen LogP contribution in [0.5, 0.6) is 11.5 Å². The molecule has 0 unspecified atom stereocenters. The summed E-state index contributed by atoms with van der Waals surface area (Å²) in [5.74, 6) is -0.324. The largest absolute Gasteiger partial charge is 0.507 e. The molecule has 0 aliphatic heterocycles. The molecule has 6 heteroatoms. The molecule has 142 valence electrons. The highest BCUT2D eigenvalue weighted by Crippen LogP contribution is 2.32. The smallest absolute Gasteiger partial charge is 0.343 e. The summed E-state index contributed by atoms with van der Waals surface area (Å²) in [7, 11) is 0. The molecule has 4 rings (SSSR count). The summed E-state index contributed by atoms with van der Waals surface area (Å²) in [6.45, 7) is 3.61. The molecule has 2 aromatic heterocycles. The van der Waals surface area contributed by atoms with Crippen molar-refractivity contribution in [3.05, 3.63) is 79.5 Å². The van der Waals surface area contributed by atoms with Crippen molar-refractivity contribution in [3.63, 3.8) is 0 Å². The molecule has 0 radical (unpaired) electrons. The zero-order valence-electron chi connectivity index (χ0n) is 15.4. The summed E-state index contributed by atoms with van der Waals surface area (Å²) in [5, 5.41) is 22.2. The van der Waals surface area contributed by atoms with Crippen LogP contribution in [-0.2, 0) is 12.8 Å². The van der Waals surface area contributed by atoms with Gasteiger partial charge in [0, 0.05) is 0 Å². The Morgan fingerprint density at radius 2 is 1.11 bits per heavy atom. The van der Waals surface area contributed by atoms with Gasteiger partial charge in [-0.05, 0) is 49.9 Å². The van der Waals surface area contributed by atoms with Gasteiger partial charge in [0.15, 0.2) is 0 Å². The molecule has 6 nitrogen and oxygen atoms in total. The number of fused-ring (bicyclic) bond motifs is 2. The lowest BCUT2D eigenvalue weighted by Crippen LogP contribution is -2.14. The quantitative estimate of drug-likeness (QED) is 0.527. The first-order valence-corrected chi connectivity index (χ1v) is 8.87. The average Bonchev–Trinajstić information content (AvgIpc) is 2.63. The number of aromatic hydroxyl groups is 2. The van der Waals surface area contributed by atoms with Crippen molar-refractivity contribution in [1.29, 1.82) is 0 Å². The number of hydrogen-bond acceptors (Lipinski definition) is 6. The fraction of sp³-hybridized carbons (Fsp3) is 0.182. The fourth-order valence-corrected chi connectivity index (χ4v) is 3.57. The van der Waals surface area contributed by atoms with Crippen molar-refractivity contribution in [1.82, 2.24) is 0 Å². The third kappa shape index (κ3) is 2.74. The molecule has 0 fully saturated rings. The maximum absolute atomic E-state index is 12.3. The van der Waals surface area contributed by atoms with Crippen molar-refractivity contribution >= 4 is 21.9 Å². The molecule has 0 amide bonds. The molecule has 0 aliphatic carbocycles. The molecule has 2 heterocycles. The second-order valence-electron chi connectivity index (χ2n) is 6.83. The molecule has 2 N–H and O–H groups in total. The van der Waals surface area contributed by atoms with Gasteiger partial charge in [0.1, 0.15) is 22.7 Å². The SMILES string of the molecule is Cc1cccc2oc(=O)c(CCc3c(O)c4c(C)cccc4oc3=O)c(O)c12. The van der Waals surface area contributed by atoms with Gasteiger partial charge in [0.25, 0.3) is 0 Å². The Bertz CT molecular complexity index is 1240. The summed E-state index contributed by atoms with van der Waals surface area (Å²) in [4.78, 5) is 24.7. The van der Waals surface area contributed by atoms with Crippen LogP contribution in [0.15, 0.2) is 54.8 Å². The first kappa shape index (κ1) is 17.9. The molecule has 0 saturated heterocycles. The summed E-state index contributed by atoms with van der Waals surface area (Å²) in [6, 6.07) is 10.3. The van der Waals surface area contributed by atoms with Gasteiger partial charge in [-0.15, -0.1) is 0 Å². The lowest BCUT2D eigenvalue weighted by atomic mass is 10.0. The van der Waals surface area contributed by atoms with Gasteiger partial charge < -0.3 is 19.0 Å². The Kier molecular flexibility index (Phi) is 4.19. The van der Waals surface area contributed by atoms with Gasteiger partial charge in [0.2, 0.25) is 0 Å². The predicted molar refractivity (Wildman–Crippen MR) is 105 cm³/mol. The third-order valence-electron chi connectivity index (χ3n) is 5.04. The molecule has 2 aromatic carbocycles. The lowest BCUT2D eigenvalue weighted by molar-refractivity contribution is 0.447. The van der Waals surface area contributed by atoms with Gasteiger partial charge in [0.05, 0.1) is 21.9 Å². The van der Waals surface area contributed by atoms with Crippen LogP contribution in [0.3, 0.4) is 0 Å². The zero-order valence-corrected chi connectivity index (χ0v) is 15.4. The Morgan fingerprint density at radius 3 is 1.50 bits per heavy atom. The highest BCUT2D eigenvalue weighted by molar-refractivity contribution is 5.88. The molecule has 4 aromatic rings. The topological polar surface area (TPSA) is 101 Å². The highest BCUT2D eigenvalue weighted by Gasteiger charge is 2.19. The monoisotopic (exact) mass is 378 g/mol. The predicted octanol–water partition coefficient (Wildman–Crippen LogP) is 3.71. The van der Waals surface area contributed by atoms with Crippen molar-refractivity contribution in [2.45, 2.75) is 26.7 Å². The molecule has 0 atom stereocenters. The fourth-order valence-electron chi connectivity index (χ4n) is 3.57. The van der Waals surface area contributed by atoms with Crippen LogP contribution in [0.2, 0.25) is 0 Å². The number of hydrogen-bond donors (Lipinski definition) is 2. The normalized spacial score (nSPS) is 11.4. The summed E-state index contributed by atoms with van der Waals surface area (Å²) < 4.78 is 10.6. The minimum atomic E-state index is -0.670. The second kappa shape index (κ2) is 6.56. The standard InChI is InChI=1S/C22H18O6/c1-11-5-3-7-15-17(11)19(23)13(21(25)27-15)9-10-14-20(24)18-12(2)6-4-8-16(18)28-22(14)26/h3-8,23-24H,9-10H2,1-2H3. The van der Waals surface area contributed by atoms with Gasteiger partial charge in [-0.2, -0.15) is 0 Å². The van der Waals surface area contributed by atoms with E-state index in [-0.39, 0.29) is 35.5 Å². The van der Waals surface area contributed by atoms with E-state index in [1.165, 1.54) is 0 Å². The van der Waals surface area contributed by atoms with E-state index >= 15 is 0 Å². The van der Waals surface area contributed by atoms with Gasteiger partial charge >= 0.3 is 11.3 Å². The average molecular weight is 378 g/mol. The van der Waals surface area contributed by atoms with E-state index in [9.17, 15) is 19.8 Å². The molecular weight excluding hydrogens is 360 g/mol. The molecule has 0 bridgehead atoms. The van der Waals surface area contributed by atoms with Crippen molar-refractivity contribution in [3.8, 4) is 11.5 Å². The maximum atomic E-state index is 12.3. The van der Waals surface area contributed by atoms with Gasteiger partial charge in [-0.1, -0.05) is 24.3 Å². The van der Waals surface area contributed by atoms with E-state index < -0.39 is 11.3 Å². The highest BCUT2D eigenvalue weighted by atomic mass is 16.4. The van der Waals surface area contributed by atoms with Gasteiger partial charge in [-0.3, -0.25) is 0 Å². The van der Waals surface area contributed by atoms with Crippen LogP contribution in [0.4, 0.5) is 0 Å². The van der Waals surface area contributed by atoms with Crippen LogP contribution < -0.4 is 11.3 Å². The van der Waals surface area contributed by atoms with E-state index in [4.69, 9.17) is 8.83 Å². The molecule has 28 heavy (non-hydrogen) atoms. The first-order chi connectivity index (χ1) is 13.4. The van der Waals surface area contributed by atoms with Crippen LogP contribution in [0.1, 0.15) is 22.3 Å². The van der Waals surface area contributed by atoms with E-state index in [1.54, 1.807) is 50.2 Å². The van der Waals surface area contributed by atoms with Crippen LogP contribution in [0, 0.1) is 13.8 Å². The number of rotatable bonds is 3. The van der Waals surface area contributed by atoms with Gasteiger partial charge in [-0.25, -0.2) is 9.59 Å². The minimum absolute atomic E-state index is 0.0220. The molecule has 0 aliphatic rings. The Hall–Kier alpha value is -3.54. The van der Waals surface area contributed by atoms with E-state index in [0.29, 0.717) is 21.9 Å². The van der Waals surface area contributed by atoms with Crippen molar-refractivity contribution in [2.75, 3.05) is 0 Å². The number of aryl methyl sites for hydroxylation is 2. The van der Waals surface area contributed by atoms with Crippen molar-refractivity contribution < 1.29 is 19.0 Å². The first-order valence-electron chi connectivity index (χ1n) is 8.87. The maximum Gasteiger partial charge on any atom is 0.343 e. The third-order valence-corrected chi connectivity index (χ3v) is 5.04.